The molecular weight excluding hydrogens is 271 g/mol. The van der Waals surface area contributed by atoms with E-state index in [4.69, 9.17) is 10.7 Å². The van der Waals surface area contributed by atoms with Gasteiger partial charge in [0.05, 0.1) is 0 Å². The lowest BCUT2D eigenvalue weighted by Gasteiger charge is -2.40. The maximum absolute atomic E-state index is 12.7. The number of hydrogen-bond acceptors (Lipinski definition) is 3. The van der Waals surface area contributed by atoms with Crippen LogP contribution in [0, 0.1) is 0 Å². The van der Waals surface area contributed by atoms with E-state index in [0.29, 0.717) is 0 Å². The van der Waals surface area contributed by atoms with Gasteiger partial charge >= 0.3 is 6.18 Å². The number of ether oxygens (including phenoxy) is 1. The Labute approximate surface area is 95.9 Å². The molecule has 0 saturated carbocycles. The maximum Gasteiger partial charge on any atom is 0.417 e. The largest absolute Gasteiger partial charge is 0.417 e. The molecule has 0 aliphatic carbocycles. The van der Waals surface area contributed by atoms with Crippen molar-refractivity contribution in [3.63, 3.8) is 0 Å². The fourth-order valence-electron chi connectivity index (χ4n) is 1.67. The van der Waals surface area contributed by atoms with E-state index in [9.17, 15) is 21.6 Å². The van der Waals surface area contributed by atoms with E-state index in [-0.39, 0.29) is 13.1 Å². The van der Waals surface area contributed by atoms with E-state index in [0.717, 1.165) is 11.4 Å². The van der Waals surface area contributed by atoms with Crippen LogP contribution in [-0.2, 0) is 14.0 Å². The zero-order valence-corrected chi connectivity index (χ0v) is 9.99. The molecule has 0 aromatic heterocycles. The SMILES string of the molecule is COC1(C(F)(F)F)CCN(S(=O)(=O)Cl)CC1. The summed E-state index contributed by atoms with van der Waals surface area (Å²) in [7, 11) is 2.06. The van der Waals surface area contributed by atoms with Crippen LogP contribution in [0.25, 0.3) is 0 Å². The van der Waals surface area contributed by atoms with Gasteiger partial charge in [-0.25, -0.2) is 0 Å². The minimum atomic E-state index is -4.51. The Hall–Kier alpha value is -0.0500. The van der Waals surface area contributed by atoms with Crippen molar-refractivity contribution in [1.82, 2.24) is 4.31 Å². The molecule has 4 nitrogen and oxygen atoms in total. The highest BCUT2D eigenvalue weighted by Crippen LogP contribution is 2.41. The molecule has 1 rings (SSSR count). The Kier molecular flexibility index (Phi) is 3.78. The van der Waals surface area contributed by atoms with E-state index < -0.39 is 33.9 Å². The average Bonchev–Trinajstić information content (AvgIpc) is 2.14. The van der Waals surface area contributed by atoms with Gasteiger partial charge in [0.1, 0.15) is 0 Å². The summed E-state index contributed by atoms with van der Waals surface area (Å²) >= 11 is 0. The fraction of sp³-hybridized carbons (Fsp3) is 1.00. The van der Waals surface area contributed by atoms with Crippen molar-refractivity contribution in [1.29, 1.82) is 0 Å². The second-order valence-electron chi connectivity index (χ2n) is 3.54. The van der Waals surface area contributed by atoms with Gasteiger partial charge in [0, 0.05) is 30.9 Å². The summed E-state index contributed by atoms with van der Waals surface area (Å²) in [6, 6.07) is 0. The normalized spacial score (nSPS) is 23.3. The Bertz CT molecular complexity index is 348. The Morgan fingerprint density at radius 3 is 2.00 bits per heavy atom. The van der Waals surface area contributed by atoms with E-state index in [2.05, 4.69) is 4.74 Å². The molecule has 0 radical (unpaired) electrons. The van der Waals surface area contributed by atoms with Crippen molar-refractivity contribution < 1.29 is 26.3 Å². The van der Waals surface area contributed by atoms with Crippen LogP contribution >= 0.6 is 10.7 Å². The molecule has 0 unspecified atom stereocenters. The van der Waals surface area contributed by atoms with Gasteiger partial charge < -0.3 is 4.74 Å². The van der Waals surface area contributed by atoms with Gasteiger partial charge in [-0.1, -0.05) is 0 Å². The third-order valence-electron chi connectivity index (χ3n) is 2.75. The predicted molar refractivity (Wildman–Crippen MR) is 51.4 cm³/mol. The third-order valence-corrected chi connectivity index (χ3v) is 4.31. The van der Waals surface area contributed by atoms with Crippen LogP contribution in [0.2, 0.25) is 0 Å². The molecule has 9 heteroatoms. The first kappa shape index (κ1) is 14.0. The van der Waals surface area contributed by atoms with Crippen molar-refractivity contribution in [2.45, 2.75) is 24.6 Å². The van der Waals surface area contributed by atoms with Gasteiger partial charge in [-0.2, -0.15) is 25.9 Å². The molecule has 0 N–H and O–H groups in total. The standard InChI is InChI=1S/C7H11ClF3NO3S/c1-15-6(7(9,10)11)2-4-12(5-3-6)16(8,13)14/h2-5H2,1H3. The lowest BCUT2D eigenvalue weighted by atomic mass is 9.91. The second kappa shape index (κ2) is 4.32. The molecule has 0 aromatic rings. The van der Waals surface area contributed by atoms with Crippen LogP contribution in [-0.4, -0.2) is 44.7 Å². The van der Waals surface area contributed by atoms with E-state index >= 15 is 0 Å². The van der Waals surface area contributed by atoms with Crippen molar-refractivity contribution in [2.75, 3.05) is 20.2 Å². The summed E-state index contributed by atoms with van der Waals surface area (Å²) < 4.78 is 65.2. The molecule has 1 aliphatic heterocycles. The molecule has 1 fully saturated rings. The summed E-state index contributed by atoms with van der Waals surface area (Å²) in [5.41, 5.74) is -2.26. The summed E-state index contributed by atoms with van der Waals surface area (Å²) in [6.07, 6.45) is -5.40. The molecule has 0 bridgehead atoms. The summed E-state index contributed by atoms with van der Waals surface area (Å²) in [5.74, 6) is 0. The monoisotopic (exact) mass is 281 g/mol. The summed E-state index contributed by atoms with van der Waals surface area (Å²) in [6.45, 7) is -0.585. The van der Waals surface area contributed by atoms with E-state index in [1.807, 2.05) is 0 Å². The summed E-state index contributed by atoms with van der Waals surface area (Å²) in [5, 5.41) is 0. The minimum absolute atomic E-state index is 0.292. The molecule has 1 aliphatic rings. The van der Waals surface area contributed by atoms with Crippen LogP contribution < -0.4 is 0 Å². The van der Waals surface area contributed by atoms with Crippen molar-refractivity contribution in [3.8, 4) is 0 Å². The Balaban J connectivity index is 2.80. The molecule has 96 valence electrons. The van der Waals surface area contributed by atoms with Crippen LogP contribution in [0.5, 0.6) is 0 Å². The minimum Gasteiger partial charge on any atom is -0.369 e. The smallest absolute Gasteiger partial charge is 0.369 e. The Morgan fingerprint density at radius 2 is 1.75 bits per heavy atom. The number of halogens is 4. The number of rotatable bonds is 2. The fourth-order valence-corrected chi connectivity index (χ4v) is 2.70. The van der Waals surface area contributed by atoms with Gasteiger partial charge in [-0.05, 0) is 12.8 Å². The van der Waals surface area contributed by atoms with Crippen molar-refractivity contribution in [2.24, 2.45) is 0 Å². The zero-order chi connectivity index (χ0) is 12.6. The molecule has 0 amide bonds. The average molecular weight is 282 g/mol. The third kappa shape index (κ3) is 2.61. The Morgan fingerprint density at radius 1 is 1.31 bits per heavy atom. The first-order chi connectivity index (χ1) is 7.12. The molecule has 1 heterocycles. The molecule has 16 heavy (non-hydrogen) atoms. The van der Waals surface area contributed by atoms with Crippen LogP contribution in [0.3, 0.4) is 0 Å². The molecular formula is C7H11ClF3NO3S. The van der Waals surface area contributed by atoms with Crippen LogP contribution in [0.1, 0.15) is 12.8 Å². The number of methoxy groups -OCH3 is 1. The van der Waals surface area contributed by atoms with Crippen LogP contribution in [0.4, 0.5) is 13.2 Å². The van der Waals surface area contributed by atoms with E-state index in [1.165, 1.54) is 0 Å². The number of piperidine rings is 1. The van der Waals surface area contributed by atoms with E-state index in [1.54, 1.807) is 0 Å². The predicted octanol–water partition coefficient (Wildman–Crippen LogP) is 1.51. The van der Waals surface area contributed by atoms with Gasteiger partial charge in [0.2, 0.25) is 0 Å². The summed E-state index contributed by atoms with van der Waals surface area (Å²) in [4.78, 5) is 0. The molecule has 0 aromatic carbocycles. The van der Waals surface area contributed by atoms with Crippen molar-refractivity contribution >= 4 is 19.9 Å². The van der Waals surface area contributed by atoms with Gasteiger partial charge in [-0.3, -0.25) is 0 Å². The highest BCUT2D eigenvalue weighted by Gasteiger charge is 2.57. The van der Waals surface area contributed by atoms with Gasteiger partial charge in [-0.15, -0.1) is 0 Å². The number of alkyl halides is 3. The first-order valence-electron chi connectivity index (χ1n) is 4.44. The highest BCUT2D eigenvalue weighted by molar-refractivity contribution is 8.11. The quantitative estimate of drug-likeness (QED) is 0.721. The molecule has 0 atom stereocenters. The van der Waals surface area contributed by atoms with Gasteiger partial charge in [0.15, 0.2) is 5.60 Å². The lowest BCUT2D eigenvalue weighted by Crippen LogP contribution is -2.54. The molecule has 0 spiro atoms. The lowest BCUT2D eigenvalue weighted by molar-refractivity contribution is -0.280. The van der Waals surface area contributed by atoms with Crippen LogP contribution in [0.15, 0.2) is 0 Å². The highest BCUT2D eigenvalue weighted by atomic mass is 35.7. The zero-order valence-electron chi connectivity index (χ0n) is 8.42. The maximum atomic E-state index is 12.7. The van der Waals surface area contributed by atoms with Crippen molar-refractivity contribution in [3.05, 3.63) is 0 Å². The van der Waals surface area contributed by atoms with Gasteiger partial charge in [0.25, 0.3) is 9.24 Å². The number of hydrogen-bond donors (Lipinski definition) is 0. The topological polar surface area (TPSA) is 46.6 Å². The first-order valence-corrected chi connectivity index (χ1v) is 6.71. The molecule has 1 saturated heterocycles. The number of nitrogens with zero attached hydrogens (tertiary/aromatic N) is 1. The second-order valence-corrected chi connectivity index (χ2v) is 6.05.